The van der Waals surface area contributed by atoms with Crippen molar-refractivity contribution in [3.05, 3.63) is 65.5 Å². The Morgan fingerprint density at radius 1 is 0.917 bits per heavy atom. The van der Waals surface area contributed by atoms with Gasteiger partial charge in [0.25, 0.3) is 5.91 Å². The minimum atomic E-state index is -1.05. The Morgan fingerprint density at radius 3 is 2.29 bits per heavy atom. The Labute approximate surface area is 279 Å². The van der Waals surface area contributed by atoms with E-state index in [2.05, 4.69) is 15.6 Å². The molecule has 2 fully saturated rings. The smallest absolute Gasteiger partial charge is 0.290 e. The minimum Gasteiger partial charge on any atom is -0.377 e. The fourth-order valence-electron chi connectivity index (χ4n) is 6.38. The summed E-state index contributed by atoms with van der Waals surface area (Å²) in [6.45, 7) is 4.38. The molecule has 2 aromatic carbocycles. The van der Waals surface area contributed by atoms with Crippen LogP contribution in [-0.2, 0) is 32.2 Å². The van der Waals surface area contributed by atoms with Crippen molar-refractivity contribution in [3.63, 3.8) is 0 Å². The summed E-state index contributed by atoms with van der Waals surface area (Å²) in [6, 6.07) is 10.8. The number of amides is 3. The number of hydrogen-bond donors (Lipinski definition) is 2. The molecular weight excluding hydrogens is 622 g/mol. The van der Waals surface area contributed by atoms with Crippen LogP contribution in [0.3, 0.4) is 0 Å². The molecule has 0 spiro atoms. The van der Waals surface area contributed by atoms with Crippen molar-refractivity contribution >= 4 is 28.8 Å². The van der Waals surface area contributed by atoms with Crippen LogP contribution in [0.2, 0.25) is 0 Å². The number of piperazine rings is 1. The van der Waals surface area contributed by atoms with Crippen molar-refractivity contribution in [2.45, 2.75) is 64.3 Å². The van der Waals surface area contributed by atoms with Crippen LogP contribution in [-0.4, -0.2) is 102 Å². The molecule has 1 aromatic heterocycles. The first-order valence-corrected chi connectivity index (χ1v) is 16.9. The molecule has 11 nitrogen and oxygen atoms in total. The number of fused-ring (bicyclic) bond motifs is 1. The molecule has 1 aliphatic carbocycles. The molecule has 0 unspecified atom stereocenters. The molecule has 1 saturated carbocycles. The van der Waals surface area contributed by atoms with Crippen LogP contribution in [0, 0.1) is 17.6 Å². The summed E-state index contributed by atoms with van der Waals surface area (Å²) in [7, 11) is 1.70. The molecule has 1 aliphatic heterocycles. The maximum Gasteiger partial charge on any atom is 0.290 e. The van der Waals surface area contributed by atoms with Crippen molar-refractivity contribution in [2.24, 2.45) is 5.92 Å². The second kappa shape index (κ2) is 16.9. The van der Waals surface area contributed by atoms with E-state index in [-0.39, 0.29) is 60.8 Å². The average Bonchev–Trinajstić information content (AvgIpc) is 3.46. The molecule has 0 bridgehead atoms. The SMILES string of the molecule is CN[C@@H](C)C(=O)N[C@H](C(=O)N1CCN(C(=O)c2nc3cc(F)c(F)cc3n2CCOCCOCc2ccccc2)CC1)C1CCCCC1. The zero-order valence-corrected chi connectivity index (χ0v) is 27.8. The fraction of sp³-hybridized carbons (Fsp3) is 0.543. The van der Waals surface area contributed by atoms with Crippen LogP contribution in [0.1, 0.15) is 55.2 Å². The van der Waals surface area contributed by atoms with Gasteiger partial charge >= 0.3 is 0 Å². The predicted octanol–water partition coefficient (Wildman–Crippen LogP) is 3.51. The lowest BCUT2D eigenvalue weighted by atomic mass is 9.83. The molecule has 2 heterocycles. The summed E-state index contributed by atoms with van der Waals surface area (Å²) in [4.78, 5) is 48.1. The van der Waals surface area contributed by atoms with E-state index < -0.39 is 29.6 Å². The van der Waals surface area contributed by atoms with Gasteiger partial charge in [0.2, 0.25) is 11.8 Å². The Kier molecular flexibility index (Phi) is 12.5. The van der Waals surface area contributed by atoms with Gasteiger partial charge in [-0.25, -0.2) is 13.8 Å². The Bertz CT molecular complexity index is 1540. The van der Waals surface area contributed by atoms with Gasteiger partial charge in [0, 0.05) is 44.9 Å². The third-order valence-electron chi connectivity index (χ3n) is 9.31. The summed E-state index contributed by atoms with van der Waals surface area (Å²) in [5.74, 6) is -2.71. The molecular formula is C35H46F2N6O5. The number of benzene rings is 2. The van der Waals surface area contributed by atoms with Gasteiger partial charge in [-0.1, -0.05) is 49.6 Å². The number of ether oxygens (including phenoxy) is 2. The van der Waals surface area contributed by atoms with E-state index in [1.165, 1.54) is 0 Å². The Morgan fingerprint density at radius 2 is 1.58 bits per heavy atom. The Hall–Kier alpha value is -3.94. The molecule has 1 saturated heterocycles. The van der Waals surface area contributed by atoms with Crippen LogP contribution < -0.4 is 10.6 Å². The van der Waals surface area contributed by atoms with Gasteiger partial charge in [0.05, 0.1) is 43.5 Å². The van der Waals surface area contributed by atoms with Gasteiger partial charge in [0.1, 0.15) is 6.04 Å². The summed E-state index contributed by atoms with van der Waals surface area (Å²) >= 11 is 0. The lowest BCUT2D eigenvalue weighted by Crippen LogP contribution is -2.59. The van der Waals surface area contributed by atoms with E-state index in [1.807, 2.05) is 30.3 Å². The van der Waals surface area contributed by atoms with E-state index in [4.69, 9.17) is 9.47 Å². The average molecular weight is 669 g/mol. The highest BCUT2D eigenvalue weighted by atomic mass is 19.2. The number of carbonyl (C=O) groups is 3. The number of carbonyl (C=O) groups excluding carboxylic acids is 3. The van der Waals surface area contributed by atoms with Gasteiger partial charge in [-0.15, -0.1) is 0 Å². The molecule has 260 valence electrons. The molecule has 3 amide bonds. The number of hydrogen-bond acceptors (Lipinski definition) is 7. The lowest BCUT2D eigenvalue weighted by Gasteiger charge is -2.39. The first-order valence-electron chi connectivity index (χ1n) is 16.9. The van der Waals surface area contributed by atoms with Crippen molar-refractivity contribution in [1.82, 2.24) is 30.0 Å². The lowest BCUT2D eigenvalue weighted by molar-refractivity contribution is -0.140. The van der Waals surface area contributed by atoms with E-state index in [9.17, 15) is 23.2 Å². The van der Waals surface area contributed by atoms with Gasteiger partial charge in [0.15, 0.2) is 17.5 Å². The van der Waals surface area contributed by atoms with Gasteiger partial charge < -0.3 is 34.5 Å². The molecule has 5 rings (SSSR count). The van der Waals surface area contributed by atoms with Gasteiger partial charge in [-0.2, -0.15) is 0 Å². The highest BCUT2D eigenvalue weighted by Gasteiger charge is 2.36. The third kappa shape index (κ3) is 8.74. The first-order chi connectivity index (χ1) is 23.3. The molecule has 2 N–H and O–H groups in total. The second-order valence-electron chi connectivity index (χ2n) is 12.5. The van der Waals surface area contributed by atoms with E-state index in [1.54, 1.807) is 28.3 Å². The number of imidazole rings is 1. The molecule has 48 heavy (non-hydrogen) atoms. The zero-order chi connectivity index (χ0) is 34.0. The van der Waals surface area contributed by atoms with Crippen LogP contribution in [0.15, 0.2) is 42.5 Å². The van der Waals surface area contributed by atoms with Crippen LogP contribution in [0.5, 0.6) is 0 Å². The number of aromatic nitrogens is 2. The largest absolute Gasteiger partial charge is 0.377 e. The normalized spacial score (nSPS) is 17.0. The monoisotopic (exact) mass is 668 g/mol. The van der Waals surface area contributed by atoms with E-state index in [0.29, 0.717) is 32.9 Å². The maximum absolute atomic E-state index is 14.3. The number of likely N-dealkylation sites (N-methyl/N-ethyl adjacent to an activating group) is 1. The van der Waals surface area contributed by atoms with Gasteiger partial charge in [-0.05, 0) is 38.3 Å². The summed E-state index contributed by atoms with van der Waals surface area (Å²) in [5, 5.41) is 5.93. The van der Waals surface area contributed by atoms with Crippen molar-refractivity contribution in [1.29, 1.82) is 0 Å². The number of halogens is 2. The molecule has 2 aliphatic rings. The van der Waals surface area contributed by atoms with E-state index >= 15 is 0 Å². The van der Waals surface area contributed by atoms with Crippen LogP contribution >= 0.6 is 0 Å². The summed E-state index contributed by atoms with van der Waals surface area (Å²) < 4.78 is 41.4. The molecule has 2 atom stereocenters. The van der Waals surface area contributed by atoms with Gasteiger partial charge in [-0.3, -0.25) is 14.4 Å². The Balaban J connectivity index is 1.21. The maximum atomic E-state index is 14.3. The standard InChI is InChI=1S/C35H46F2N6O5/c1-24(38-2)33(44)40-31(26-11-7-4-8-12-26)34(45)41-13-15-42(16-14-41)35(46)32-39-29-21-27(36)28(37)22-30(29)43(32)17-18-47-19-20-48-23-25-9-5-3-6-10-25/h3,5-6,9-10,21-22,24,26,31,38H,4,7-8,11-20,23H2,1-2H3,(H,40,44)/t24-,31-/m0/s1. The second-order valence-corrected chi connectivity index (χ2v) is 12.5. The first kappa shape index (κ1) is 35.4. The van der Waals surface area contributed by atoms with Crippen molar-refractivity contribution in [2.75, 3.05) is 53.0 Å². The molecule has 0 radical (unpaired) electrons. The van der Waals surface area contributed by atoms with Crippen LogP contribution in [0.4, 0.5) is 8.78 Å². The molecule has 3 aromatic rings. The minimum absolute atomic E-state index is 0.0482. The fourth-order valence-corrected chi connectivity index (χ4v) is 6.38. The highest BCUT2D eigenvalue weighted by molar-refractivity contribution is 5.95. The number of nitrogens with zero attached hydrogens (tertiary/aromatic N) is 4. The number of nitrogens with one attached hydrogen (secondary N) is 2. The number of rotatable bonds is 14. The highest BCUT2D eigenvalue weighted by Crippen LogP contribution is 2.28. The predicted molar refractivity (Wildman–Crippen MR) is 176 cm³/mol. The summed E-state index contributed by atoms with van der Waals surface area (Å²) in [5.41, 5.74) is 1.51. The third-order valence-corrected chi connectivity index (χ3v) is 9.31. The van der Waals surface area contributed by atoms with Crippen molar-refractivity contribution in [3.8, 4) is 0 Å². The zero-order valence-electron chi connectivity index (χ0n) is 27.8. The van der Waals surface area contributed by atoms with Crippen LogP contribution in [0.25, 0.3) is 11.0 Å². The topological polar surface area (TPSA) is 118 Å². The van der Waals surface area contributed by atoms with Crippen molar-refractivity contribution < 1.29 is 32.6 Å². The van der Waals surface area contributed by atoms with E-state index in [0.717, 1.165) is 49.8 Å². The molecule has 13 heteroatoms. The quantitative estimate of drug-likeness (QED) is 0.253. The summed E-state index contributed by atoms with van der Waals surface area (Å²) in [6.07, 6.45) is 4.93.